The number of rotatable bonds is 11. The Balaban J connectivity index is 1.25. The summed E-state index contributed by atoms with van der Waals surface area (Å²) < 4.78 is 11.0. The van der Waals surface area contributed by atoms with E-state index in [1.807, 2.05) is 71.6 Å². The third-order valence-corrected chi connectivity index (χ3v) is 10.5. The van der Waals surface area contributed by atoms with Crippen LogP contribution in [0.25, 0.3) is 10.9 Å². The first-order valence-electron chi connectivity index (χ1n) is 15.9. The predicted octanol–water partition coefficient (Wildman–Crippen LogP) is 8.42. The summed E-state index contributed by atoms with van der Waals surface area (Å²) in [6.07, 6.45) is 0. The highest BCUT2D eigenvalue weighted by Crippen LogP contribution is 2.45. The Morgan fingerprint density at radius 2 is 1.60 bits per heavy atom. The number of benzene rings is 4. The van der Waals surface area contributed by atoms with Crippen molar-refractivity contribution in [1.82, 2.24) is 14.8 Å². The third kappa shape index (κ3) is 7.37. The summed E-state index contributed by atoms with van der Waals surface area (Å²) >= 11 is 14.6. The Bertz CT molecular complexity index is 1890. The van der Waals surface area contributed by atoms with Crippen molar-refractivity contribution in [2.75, 3.05) is 45.6 Å². The van der Waals surface area contributed by atoms with Crippen molar-refractivity contribution >= 4 is 57.7 Å². The van der Waals surface area contributed by atoms with Crippen molar-refractivity contribution in [1.29, 1.82) is 0 Å². The number of nitrogens with one attached hydrogen (secondary N) is 1. The van der Waals surface area contributed by atoms with Crippen molar-refractivity contribution in [3.63, 3.8) is 0 Å². The van der Waals surface area contributed by atoms with Crippen LogP contribution in [0, 0.1) is 0 Å². The molecule has 0 saturated carbocycles. The number of hydrogen-bond donors (Lipinski definition) is 1. The second kappa shape index (κ2) is 15.5. The van der Waals surface area contributed by atoms with Crippen LogP contribution in [0.1, 0.15) is 51.0 Å². The molecule has 1 saturated heterocycles. The molecule has 10 heteroatoms. The zero-order valence-corrected chi connectivity index (χ0v) is 29.2. The van der Waals surface area contributed by atoms with E-state index in [9.17, 15) is 9.59 Å². The molecule has 5 aromatic rings. The lowest BCUT2D eigenvalue weighted by Gasteiger charge is -2.40. The molecule has 1 amide bonds. The number of nitrogens with zero attached hydrogens (tertiary/aromatic N) is 2. The van der Waals surface area contributed by atoms with Gasteiger partial charge in [-0.15, -0.1) is 11.8 Å². The fraction of sp³-hybridized carbons (Fsp3) is 0.263. The smallest absolute Gasteiger partial charge is 0.355 e. The fourth-order valence-corrected chi connectivity index (χ4v) is 8.17. The molecule has 7 nitrogen and oxygen atoms in total. The molecule has 48 heavy (non-hydrogen) atoms. The number of aromatic amines is 1. The van der Waals surface area contributed by atoms with Gasteiger partial charge in [0.05, 0.1) is 30.8 Å². The van der Waals surface area contributed by atoms with Gasteiger partial charge in [-0.3, -0.25) is 9.69 Å². The van der Waals surface area contributed by atoms with Crippen LogP contribution >= 0.6 is 35.0 Å². The van der Waals surface area contributed by atoms with Crippen molar-refractivity contribution in [2.45, 2.75) is 18.2 Å². The summed E-state index contributed by atoms with van der Waals surface area (Å²) in [5.41, 5.74) is 4.94. The maximum absolute atomic E-state index is 13.9. The Morgan fingerprint density at radius 3 is 2.31 bits per heavy atom. The topological polar surface area (TPSA) is 74.9 Å². The van der Waals surface area contributed by atoms with Crippen LogP contribution in [-0.4, -0.2) is 72.3 Å². The van der Waals surface area contributed by atoms with E-state index in [1.54, 1.807) is 14.0 Å². The Hall–Kier alpha value is -3.95. The first-order chi connectivity index (χ1) is 23.4. The van der Waals surface area contributed by atoms with E-state index in [1.165, 1.54) is 17.3 Å². The number of methoxy groups -OCH3 is 1. The average molecular weight is 703 g/mol. The highest BCUT2D eigenvalue weighted by Gasteiger charge is 2.32. The number of thioether (sulfide) groups is 1. The third-order valence-electron chi connectivity index (χ3n) is 8.66. The zero-order valence-electron chi connectivity index (χ0n) is 26.8. The van der Waals surface area contributed by atoms with Crippen LogP contribution in [0.2, 0.25) is 10.0 Å². The van der Waals surface area contributed by atoms with Crippen LogP contribution in [0.15, 0.2) is 97.1 Å². The molecule has 1 N–H and O–H groups in total. The molecular weight excluding hydrogens is 665 g/mol. The first-order valence-corrected chi connectivity index (χ1v) is 17.7. The molecule has 1 aliphatic heterocycles. The molecule has 1 fully saturated rings. The van der Waals surface area contributed by atoms with E-state index >= 15 is 0 Å². The molecule has 0 unspecified atom stereocenters. The lowest BCUT2D eigenvalue weighted by molar-refractivity contribution is -0.130. The normalized spacial score (nSPS) is 14.9. The molecule has 2 atom stereocenters. The molecule has 6 rings (SSSR count). The van der Waals surface area contributed by atoms with Gasteiger partial charge in [-0.25, -0.2) is 4.79 Å². The summed E-state index contributed by atoms with van der Waals surface area (Å²) in [5, 5.41) is 1.63. The van der Waals surface area contributed by atoms with Crippen molar-refractivity contribution in [3.8, 4) is 5.75 Å². The maximum atomic E-state index is 13.9. The molecule has 248 valence electrons. The van der Waals surface area contributed by atoms with Gasteiger partial charge < -0.3 is 19.4 Å². The molecular formula is C38H37Cl2N3O4S. The number of aromatic nitrogens is 1. The SMILES string of the molecule is CCOC(=O)c1[nH]c2ccc(OC)cc2c1[C@@H](SCC(=O)N1CCN([C@H](c2ccccc2)c2cccc(Cl)c2)CC1)c1ccccc1Cl. The van der Waals surface area contributed by atoms with Crippen molar-refractivity contribution < 1.29 is 19.1 Å². The zero-order chi connectivity index (χ0) is 33.6. The largest absolute Gasteiger partial charge is 0.497 e. The molecule has 0 aliphatic carbocycles. The second-order valence-corrected chi connectivity index (χ2v) is 13.5. The number of amides is 1. The van der Waals surface area contributed by atoms with Gasteiger partial charge in [-0.05, 0) is 60.0 Å². The van der Waals surface area contributed by atoms with E-state index in [0.717, 1.165) is 22.0 Å². The van der Waals surface area contributed by atoms with E-state index in [2.05, 4.69) is 40.2 Å². The van der Waals surface area contributed by atoms with Gasteiger partial charge in [0.2, 0.25) is 5.91 Å². The molecule has 0 spiro atoms. The number of piperazine rings is 1. The van der Waals surface area contributed by atoms with Gasteiger partial charge in [-0.1, -0.05) is 83.9 Å². The number of H-pyrrole nitrogens is 1. The first kappa shape index (κ1) is 33.9. The Kier molecular flexibility index (Phi) is 11.0. The van der Waals surface area contributed by atoms with Gasteiger partial charge in [0.15, 0.2) is 0 Å². The van der Waals surface area contributed by atoms with Crippen LogP contribution in [0.5, 0.6) is 5.75 Å². The second-order valence-electron chi connectivity index (χ2n) is 11.5. The molecule has 1 aliphatic rings. The molecule has 1 aromatic heterocycles. The summed E-state index contributed by atoms with van der Waals surface area (Å²) in [7, 11) is 1.61. The number of esters is 1. The highest BCUT2D eigenvalue weighted by atomic mass is 35.5. The number of halogens is 2. The number of hydrogen-bond acceptors (Lipinski definition) is 6. The van der Waals surface area contributed by atoms with E-state index in [-0.39, 0.29) is 24.3 Å². The molecule has 2 heterocycles. The fourth-order valence-electron chi connectivity index (χ4n) is 6.37. The summed E-state index contributed by atoms with van der Waals surface area (Å²) in [6.45, 7) is 4.63. The summed E-state index contributed by atoms with van der Waals surface area (Å²) in [4.78, 5) is 34.8. The van der Waals surface area contributed by atoms with E-state index < -0.39 is 11.2 Å². The summed E-state index contributed by atoms with van der Waals surface area (Å²) in [5.74, 6) is 0.424. The van der Waals surface area contributed by atoms with Crippen molar-refractivity contribution in [2.24, 2.45) is 0 Å². The monoisotopic (exact) mass is 701 g/mol. The van der Waals surface area contributed by atoms with Gasteiger partial charge >= 0.3 is 5.97 Å². The Morgan fingerprint density at radius 1 is 0.875 bits per heavy atom. The number of fused-ring (bicyclic) bond motifs is 1. The minimum absolute atomic E-state index is 0.0290. The van der Waals surface area contributed by atoms with Crippen LogP contribution < -0.4 is 4.74 Å². The predicted molar refractivity (Wildman–Crippen MR) is 194 cm³/mol. The summed E-state index contributed by atoms with van der Waals surface area (Å²) in [6, 6.07) is 31.6. The van der Waals surface area contributed by atoms with Crippen molar-refractivity contribution in [3.05, 3.63) is 135 Å². The number of carbonyl (C=O) groups excluding carboxylic acids is 2. The van der Waals surface area contributed by atoms with E-state index in [0.29, 0.717) is 53.2 Å². The highest BCUT2D eigenvalue weighted by molar-refractivity contribution is 8.00. The van der Waals surface area contributed by atoms with E-state index in [4.69, 9.17) is 32.7 Å². The average Bonchev–Trinajstić information content (AvgIpc) is 3.49. The minimum atomic E-state index is -0.463. The molecule has 0 bridgehead atoms. The van der Waals surface area contributed by atoms with Gasteiger partial charge in [0.1, 0.15) is 11.4 Å². The van der Waals surface area contributed by atoms with Gasteiger partial charge in [-0.2, -0.15) is 0 Å². The van der Waals surface area contributed by atoms with Crippen LogP contribution in [0.4, 0.5) is 0 Å². The van der Waals surface area contributed by atoms with Crippen LogP contribution in [0.3, 0.4) is 0 Å². The number of ether oxygens (including phenoxy) is 2. The minimum Gasteiger partial charge on any atom is -0.497 e. The quantitative estimate of drug-likeness (QED) is 0.139. The lowest BCUT2D eigenvalue weighted by Crippen LogP contribution is -2.50. The molecule has 0 radical (unpaired) electrons. The standard InChI is InChI=1S/C38H37Cl2N3O4S/c1-3-47-38(45)35-34(30-23-28(46-2)16-17-32(30)41-35)37(29-14-7-8-15-31(29)40)48-24-33(44)42-18-20-43(21-19-42)36(25-10-5-4-6-11-25)26-12-9-13-27(39)22-26/h4-17,22-23,36-37,41H,3,18-21,24H2,1-2H3/t36-,37+/m1/s1. The Labute approximate surface area is 295 Å². The number of carbonyl (C=O) groups is 2. The van der Waals surface area contributed by atoms with Crippen LogP contribution in [-0.2, 0) is 9.53 Å². The molecule has 4 aromatic carbocycles. The van der Waals surface area contributed by atoms with Gasteiger partial charge in [0.25, 0.3) is 0 Å². The van der Waals surface area contributed by atoms with Gasteiger partial charge in [0, 0.05) is 52.7 Å². The lowest BCUT2D eigenvalue weighted by atomic mass is 9.96. The maximum Gasteiger partial charge on any atom is 0.355 e.